The summed E-state index contributed by atoms with van der Waals surface area (Å²) in [5.41, 5.74) is 6.52. The molecule has 0 bridgehead atoms. The molecule has 26 heavy (non-hydrogen) atoms. The van der Waals surface area contributed by atoms with Crippen LogP contribution in [0.2, 0.25) is 0 Å². The number of H-pyrrole nitrogens is 1. The van der Waals surface area contributed by atoms with Crippen molar-refractivity contribution in [3.8, 4) is 0 Å². The number of carbonyl (C=O) groups excluding carboxylic acids is 1. The first-order chi connectivity index (χ1) is 12.2. The quantitative estimate of drug-likeness (QED) is 0.343. The molecule has 1 aromatic rings. The first-order valence-corrected chi connectivity index (χ1v) is 10.3. The summed E-state index contributed by atoms with van der Waals surface area (Å²) in [4.78, 5) is 18.7. The molecule has 1 rings (SSSR count). The number of hydrogen-bond acceptors (Lipinski definition) is 3. The van der Waals surface area contributed by atoms with Gasteiger partial charge in [0.1, 0.15) is 0 Å². The third kappa shape index (κ3) is 14.0. The van der Waals surface area contributed by atoms with Crippen LogP contribution < -0.4 is 11.1 Å². The van der Waals surface area contributed by atoms with Gasteiger partial charge in [-0.15, -0.1) is 12.4 Å². The van der Waals surface area contributed by atoms with E-state index in [4.69, 9.17) is 5.73 Å². The topological polar surface area (TPSA) is 83.8 Å². The Balaban J connectivity index is 0.00000625. The Morgan fingerprint density at radius 2 is 1.58 bits per heavy atom. The SMILES string of the molecule is CCCCCCCCCCCCCNC(=O)CCCc1cnc(N)[nH]1.Cl. The number of amides is 1. The van der Waals surface area contributed by atoms with E-state index in [-0.39, 0.29) is 18.3 Å². The second-order valence-electron chi connectivity index (χ2n) is 7.03. The van der Waals surface area contributed by atoms with Crippen molar-refractivity contribution in [3.63, 3.8) is 0 Å². The van der Waals surface area contributed by atoms with E-state index in [2.05, 4.69) is 22.2 Å². The van der Waals surface area contributed by atoms with Crippen molar-refractivity contribution >= 4 is 24.3 Å². The van der Waals surface area contributed by atoms with Crippen LogP contribution in [0.5, 0.6) is 0 Å². The fraction of sp³-hybridized carbons (Fsp3) is 0.800. The highest BCUT2D eigenvalue weighted by Gasteiger charge is 2.02. The molecule has 0 aliphatic carbocycles. The summed E-state index contributed by atoms with van der Waals surface area (Å²) >= 11 is 0. The van der Waals surface area contributed by atoms with Crippen LogP contribution in [0.1, 0.15) is 96.1 Å². The fourth-order valence-electron chi connectivity index (χ4n) is 3.05. The highest BCUT2D eigenvalue weighted by molar-refractivity contribution is 5.85. The number of nitrogens with two attached hydrogens (primary N) is 1. The molecule has 0 aromatic carbocycles. The smallest absolute Gasteiger partial charge is 0.220 e. The maximum absolute atomic E-state index is 11.8. The number of imidazole rings is 1. The summed E-state index contributed by atoms with van der Waals surface area (Å²) in [6.45, 7) is 3.08. The number of aryl methyl sites for hydroxylation is 1. The summed E-state index contributed by atoms with van der Waals surface area (Å²) in [5, 5.41) is 3.02. The number of hydrogen-bond donors (Lipinski definition) is 3. The zero-order valence-corrected chi connectivity index (χ0v) is 17.3. The lowest BCUT2D eigenvalue weighted by Crippen LogP contribution is -2.24. The van der Waals surface area contributed by atoms with Gasteiger partial charge in [0.2, 0.25) is 5.91 Å². The summed E-state index contributed by atoms with van der Waals surface area (Å²) in [7, 11) is 0. The molecule has 5 nitrogen and oxygen atoms in total. The van der Waals surface area contributed by atoms with Gasteiger partial charge in [0, 0.05) is 18.7 Å². The van der Waals surface area contributed by atoms with Gasteiger partial charge in [0.25, 0.3) is 0 Å². The second kappa shape index (κ2) is 17.2. The number of nitrogens with zero attached hydrogens (tertiary/aromatic N) is 1. The highest BCUT2D eigenvalue weighted by atomic mass is 35.5. The van der Waals surface area contributed by atoms with E-state index < -0.39 is 0 Å². The fourth-order valence-corrected chi connectivity index (χ4v) is 3.05. The number of nitrogens with one attached hydrogen (secondary N) is 2. The Bertz CT molecular complexity index is 451. The first kappa shape index (κ1) is 24.8. The largest absolute Gasteiger partial charge is 0.369 e. The maximum atomic E-state index is 11.8. The molecule has 1 heterocycles. The van der Waals surface area contributed by atoms with Gasteiger partial charge in [-0.25, -0.2) is 4.98 Å². The van der Waals surface area contributed by atoms with E-state index in [0.717, 1.165) is 31.5 Å². The number of aromatic nitrogens is 2. The van der Waals surface area contributed by atoms with Gasteiger partial charge in [-0.3, -0.25) is 4.79 Å². The molecular formula is C20H39ClN4O. The molecule has 0 radical (unpaired) electrons. The summed E-state index contributed by atoms with van der Waals surface area (Å²) in [6.07, 6.45) is 18.6. The number of aromatic amines is 1. The Kier molecular flexibility index (Phi) is 16.4. The van der Waals surface area contributed by atoms with E-state index in [1.807, 2.05) is 0 Å². The third-order valence-electron chi connectivity index (χ3n) is 4.60. The summed E-state index contributed by atoms with van der Waals surface area (Å²) in [6, 6.07) is 0. The molecule has 0 spiro atoms. The average molecular weight is 387 g/mol. The minimum atomic E-state index is 0. The van der Waals surface area contributed by atoms with Crippen molar-refractivity contribution in [2.45, 2.75) is 96.8 Å². The molecule has 1 aromatic heterocycles. The van der Waals surface area contributed by atoms with Crippen LogP contribution in [0, 0.1) is 0 Å². The molecule has 0 saturated heterocycles. The first-order valence-electron chi connectivity index (χ1n) is 10.3. The number of carbonyl (C=O) groups is 1. The Morgan fingerprint density at radius 3 is 2.12 bits per heavy atom. The molecule has 1 amide bonds. The Hall–Kier alpha value is -1.23. The van der Waals surface area contributed by atoms with Gasteiger partial charge in [-0.2, -0.15) is 0 Å². The zero-order chi connectivity index (χ0) is 18.2. The van der Waals surface area contributed by atoms with Crippen LogP contribution in [0.25, 0.3) is 0 Å². The number of nitrogen functional groups attached to an aromatic ring is 1. The molecule has 0 unspecified atom stereocenters. The lowest BCUT2D eigenvalue weighted by atomic mass is 10.1. The monoisotopic (exact) mass is 386 g/mol. The van der Waals surface area contributed by atoms with E-state index in [0.29, 0.717) is 12.4 Å². The zero-order valence-electron chi connectivity index (χ0n) is 16.5. The standard InChI is InChI=1S/C20H38N4O.ClH/c1-2-3-4-5-6-7-8-9-10-11-12-16-22-19(25)15-13-14-18-17-23-20(21)24-18;/h17H,2-16H2,1H3,(H,22,25)(H3,21,23,24);1H. The van der Waals surface area contributed by atoms with Gasteiger partial charge in [0.05, 0.1) is 6.20 Å². The molecular weight excluding hydrogens is 348 g/mol. The van der Waals surface area contributed by atoms with Crippen LogP contribution >= 0.6 is 12.4 Å². The van der Waals surface area contributed by atoms with Crippen molar-refractivity contribution in [3.05, 3.63) is 11.9 Å². The van der Waals surface area contributed by atoms with Crippen molar-refractivity contribution in [2.75, 3.05) is 12.3 Å². The van der Waals surface area contributed by atoms with E-state index in [1.54, 1.807) is 6.20 Å². The van der Waals surface area contributed by atoms with Gasteiger partial charge in [0.15, 0.2) is 5.95 Å². The molecule has 152 valence electrons. The molecule has 0 fully saturated rings. The lowest BCUT2D eigenvalue weighted by Gasteiger charge is -2.05. The number of anilines is 1. The van der Waals surface area contributed by atoms with Gasteiger partial charge >= 0.3 is 0 Å². The summed E-state index contributed by atoms with van der Waals surface area (Å²) < 4.78 is 0. The predicted molar refractivity (Wildman–Crippen MR) is 113 cm³/mol. The molecule has 0 atom stereocenters. The second-order valence-corrected chi connectivity index (χ2v) is 7.03. The molecule has 0 aliphatic heterocycles. The normalized spacial score (nSPS) is 10.5. The molecule has 0 saturated carbocycles. The molecule has 0 aliphatic rings. The number of halogens is 1. The molecule has 4 N–H and O–H groups in total. The van der Waals surface area contributed by atoms with Crippen molar-refractivity contribution in [1.29, 1.82) is 0 Å². The van der Waals surface area contributed by atoms with Crippen molar-refractivity contribution in [2.24, 2.45) is 0 Å². The van der Waals surface area contributed by atoms with Crippen LogP contribution in [0.4, 0.5) is 5.95 Å². The van der Waals surface area contributed by atoms with Gasteiger partial charge in [-0.05, 0) is 19.3 Å². The van der Waals surface area contributed by atoms with Crippen LogP contribution in [-0.4, -0.2) is 22.4 Å². The van der Waals surface area contributed by atoms with Crippen molar-refractivity contribution in [1.82, 2.24) is 15.3 Å². The predicted octanol–water partition coefficient (Wildman–Crippen LogP) is 5.16. The summed E-state index contributed by atoms with van der Waals surface area (Å²) in [5.74, 6) is 0.593. The number of unbranched alkanes of at least 4 members (excludes halogenated alkanes) is 10. The van der Waals surface area contributed by atoms with Crippen LogP contribution in [0.15, 0.2) is 6.20 Å². The van der Waals surface area contributed by atoms with E-state index in [9.17, 15) is 4.79 Å². The van der Waals surface area contributed by atoms with Gasteiger partial charge < -0.3 is 16.0 Å². The van der Waals surface area contributed by atoms with Crippen molar-refractivity contribution < 1.29 is 4.79 Å². The lowest BCUT2D eigenvalue weighted by molar-refractivity contribution is -0.121. The maximum Gasteiger partial charge on any atom is 0.220 e. The Morgan fingerprint density at radius 1 is 1.00 bits per heavy atom. The molecule has 6 heteroatoms. The number of rotatable bonds is 16. The highest BCUT2D eigenvalue weighted by Crippen LogP contribution is 2.11. The van der Waals surface area contributed by atoms with E-state index in [1.165, 1.54) is 64.2 Å². The minimum Gasteiger partial charge on any atom is -0.369 e. The average Bonchev–Trinajstić information content (AvgIpc) is 3.01. The third-order valence-corrected chi connectivity index (χ3v) is 4.60. The van der Waals surface area contributed by atoms with Crippen LogP contribution in [-0.2, 0) is 11.2 Å². The minimum absolute atomic E-state index is 0. The van der Waals surface area contributed by atoms with Gasteiger partial charge in [-0.1, -0.05) is 71.1 Å². The van der Waals surface area contributed by atoms with Crippen LogP contribution in [0.3, 0.4) is 0 Å². The van der Waals surface area contributed by atoms with E-state index >= 15 is 0 Å². The Labute approximate surface area is 165 Å².